The summed E-state index contributed by atoms with van der Waals surface area (Å²) in [5, 5.41) is 8.91. The summed E-state index contributed by atoms with van der Waals surface area (Å²) in [4.78, 5) is 13.3. The van der Waals surface area contributed by atoms with Crippen molar-refractivity contribution in [2.75, 3.05) is 7.05 Å². The van der Waals surface area contributed by atoms with Crippen LogP contribution >= 0.6 is 15.9 Å². The van der Waals surface area contributed by atoms with Crippen LogP contribution in [0.15, 0.2) is 22.7 Å². The van der Waals surface area contributed by atoms with E-state index in [4.69, 9.17) is 10.00 Å². The summed E-state index contributed by atoms with van der Waals surface area (Å²) >= 11 is 3.34. The minimum atomic E-state index is -0.513. The SMILES string of the molecule is CN(Cc1cc(Br)cc(C#N)c1)C(=O)OC(C)(C)C. The van der Waals surface area contributed by atoms with Crippen molar-refractivity contribution in [3.63, 3.8) is 0 Å². The summed E-state index contributed by atoms with van der Waals surface area (Å²) in [6, 6.07) is 7.45. The van der Waals surface area contributed by atoms with Gasteiger partial charge in [0.1, 0.15) is 5.60 Å². The highest BCUT2D eigenvalue weighted by Crippen LogP contribution is 2.17. The van der Waals surface area contributed by atoms with E-state index in [1.807, 2.05) is 26.8 Å². The molecule has 4 nitrogen and oxygen atoms in total. The van der Waals surface area contributed by atoms with Crippen LogP contribution in [0.2, 0.25) is 0 Å². The molecule has 0 radical (unpaired) electrons. The lowest BCUT2D eigenvalue weighted by molar-refractivity contribution is 0.0285. The van der Waals surface area contributed by atoms with Gasteiger partial charge in [0.2, 0.25) is 0 Å². The van der Waals surface area contributed by atoms with Crippen molar-refractivity contribution in [1.29, 1.82) is 5.26 Å². The molecule has 19 heavy (non-hydrogen) atoms. The molecule has 0 unspecified atom stereocenters. The van der Waals surface area contributed by atoms with Gasteiger partial charge < -0.3 is 9.64 Å². The summed E-state index contributed by atoms with van der Waals surface area (Å²) in [6.07, 6.45) is -0.383. The number of hydrogen-bond donors (Lipinski definition) is 0. The first-order valence-corrected chi connectivity index (χ1v) is 6.64. The zero-order chi connectivity index (χ0) is 14.6. The first-order chi connectivity index (χ1) is 8.71. The van der Waals surface area contributed by atoms with E-state index in [9.17, 15) is 4.79 Å². The molecule has 1 rings (SSSR count). The smallest absolute Gasteiger partial charge is 0.410 e. The van der Waals surface area contributed by atoms with Crippen LogP contribution < -0.4 is 0 Å². The Labute approximate surface area is 122 Å². The number of ether oxygens (including phenoxy) is 1. The number of nitriles is 1. The Hall–Kier alpha value is -1.54. The van der Waals surface area contributed by atoms with Crippen LogP contribution in [0.4, 0.5) is 4.79 Å². The molecular weight excluding hydrogens is 308 g/mol. The van der Waals surface area contributed by atoms with Crippen molar-refractivity contribution < 1.29 is 9.53 Å². The summed E-state index contributed by atoms with van der Waals surface area (Å²) < 4.78 is 6.09. The third-order valence-electron chi connectivity index (χ3n) is 2.21. The highest BCUT2D eigenvalue weighted by atomic mass is 79.9. The second-order valence-electron chi connectivity index (χ2n) is 5.30. The first-order valence-electron chi connectivity index (χ1n) is 5.85. The molecule has 0 saturated heterocycles. The lowest BCUT2D eigenvalue weighted by Gasteiger charge is -2.24. The van der Waals surface area contributed by atoms with Gasteiger partial charge in [-0.05, 0) is 44.5 Å². The number of nitrogens with zero attached hydrogens (tertiary/aromatic N) is 2. The third kappa shape index (κ3) is 5.31. The maximum Gasteiger partial charge on any atom is 0.410 e. The lowest BCUT2D eigenvalue weighted by atomic mass is 10.1. The summed E-state index contributed by atoms with van der Waals surface area (Å²) in [7, 11) is 1.67. The van der Waals surface area contributed by atoms with Gasteiger partial charge in [0.05, 0.1) is 11.6 Å². The van der Waals surface area contributed by atoms with E-state index in [0.29, 0.717) is 12.1 Å². The highest BCUT2D eigenvalue weighted by molar-refractivity contribution is 9.10. The number of amides is 1. The molecule has 102 valence electrons. The Kier molecular flexibility index (Phi) is 4.96. The minimum Gasteiger partial charge on any atom is -0.444 e. The Morgan fingerprint density at radius 1 is 1.42 bits per heavy atom. The Morgan fingerprint density at radius 3 is 2.58 bits per heavy atom. The van der Waals surface area contributed by atoms with Crippen LogP contribution in [0.5, 0.6) is 0 Å². The molecule has 0 heterocycles. The Bertz CT molecular complexity index is 515. The van der Waals surface area contributed by atoms with Gasteiger partial charge in [0, 0.05) is 18.1 Å². The molecule has 0 aliphatic carbocycles. The van der Waals surface area contributed by atoms with Gasteiger partial charge in [0.15, 0.2) is 0 Å². The topological polar surface area (TPSA) is 53.3 Å². The molecule has 0 fully saturated rings. The molecule has 0 atom stereocenters. The van der Waals surface area contributed by atoms with Crippen LogP contribution in [0, 0.1) is 11.3 Å². The fourth-order valence-corrected chi connectivity index (χ4v) is 2.03. The number of benzene rings is 1. The van der Waals surface area contributed by atoms with Crippen LogP contribution in [0.25, 0.3) is 0 Å². The molecular formula is C14H17BrN2O2. The van der Waals surface area contributed by atoms with Crippen molar-refractivity contribution in [2.45, 2.75) is 32.9 Å². The molecule has 1 aromatic carbocycles. The molecule has 5 heteroatoms. The lowest BCUT2D eigenvalue weighted by Crippen LogP contribution is -2.33. The Morgan fingerprint density at radius 2 is 2.05 bits per heavy atom. The summed E-state index contributed by atoms with van der Waals surface area (Å²) in [6.45, 7) is 5.87. The van der Waals surface area contributed by atoms with Gasteiger partial charge >= 0.3 is 6.09 Å². The average Bonchev–Trinajstić information content (AvgIpc) is 2.25. The maximum atomic E-state index is 11.8. The number of carbonyl (C=O) groups is 1. The van der Waals surface area contributed by atoms with Crippen molar-refractivity contribution >= 4 is 22.0 Å². The minimum absolute atomic E-state index is 0.383. The van der Waals surface area contributed by atoms with Crippen molar-refractivity contribution in [3.05, 3.63) is 33.8 Å². The third-order valence-corrected chi connectivity index (χ3v) is 2.67. The van der Waals surface area contributed by atoms with E-state index in [0.717, 1.165) is 10.0 Å². The van der Waals surface area contributed by atoms with Crippen molar-refractivity contribution in [3.8, 4) is 6.07 Å². The second kappa shape index (κ2) is 6.07. The summed E-state index contributed by atoms with van der Waals surface area (Å²) in [5.41, 5.74) is 0.918. The van der Waals surface area contributed by atoms with Crippen LogP contribution in [-0.4, -0.2) is 23.6 Å². The largest absolute Gasteiger partial charge is 0.444 e. The van der Waals surface area contributed by atoms with Crippen LogP contribution in [-0.2, 0) is 11.3 Å². The van der Waals surface area contributed by atoms with Crippen molar-refractivity contribution in [1.82, 2.24) is 4.90 Å². The second-order valence-corrected chi connectivity index (χ2v) is 6.21. The zero-order valence-corrected chi connectivity index (χ0v) is 13.1. The molecule has 0 bridgehead atoms. The average molecular weight is 325 g/mol. The molecule has 0 aromatic heterocycles. The van der Waals surface area contributed by atoms with Crippen LogP contribution in [0.3, 0.4) is 0 Å². The standard InChI is InChI=1S/C14H17BrN2O2/c1-14(2,3)19-13(18)17(4)9-11-5-10(8-16)6-12(15)7-11/h5-7H,9H2,1-4H3. The first kappa shape index (κ1) is 15.5. The molecule has 1 aromatic rings. The van der Waals surface area contributed by atoms with Gasteiger partial charge in [-0.1, -0.05) is 15.9 Å². The Balaban J connectivity index is 2.77. The van der Waals surface area contributed by atoms with Gasteiger partial charge in [0.25, 0.3) is 0 Å². The van der Waals surface area contributed by atoms with E-state index in [-0.39, 0.29) is 6.09 Å². The molecule has 0 N–H and O–H groups in total. The van der Waals surface area contributed by atoms with Gasteiger partial charge in [-0.2, -0.15) is 5.26 Å². The van der Waals surface area contributed by atoms with E-state index in [1.54, 1.807) is 19.2 Å². The fourth-order valence-electron chi connectivity index (χ4n) is 1.48. The van der Waals surface area contributed by atoms with E-state index < -0.39 is 5.60 Å². The fraction of sp³-hybridized carbons (Fsp3) is 0.429. The number of carbonyl (C=O) groups excluding carboxylic acids is 1. The van der Waals surface area contributed by atoms with Gasteiger partial charge in [-0.3, -0.25) is 0 Å². The normalized spacial score (nSPS) is 10.7. The summed E-state index contributed by atoms with van der Waals surface area (Å²) in [5.74, 6) is 0. The highest BCUT2D eigenvalue weighted by Gasteiger charge is 2.19. The number of halogens is 1. The quantitative estimate of drug-likeness (QED) is 0.833. The number of hydrogen-bond acceptors (Lipinski definition) is 3. The molecule has 0 spiro atoms. The maximum absolute atomic E-state index is 11.8. The zero-order valence-electron chi connectivity index (χ0n) is 11.5. The van der Waals surface area contributed by atoms with Crippen molar-refractivity contribution in [2.24, 2.45) is 0 Å². The predicted molar refractivity (Wildman–Crippen MR) is 76.6 cm³/mol. The van der Waals surface area contributed by atoms with Gasteiger partial charge in [-0.25, -0.2) is 4.79 Å². The van der Waals surface area contributed by atoms with Crippen LogP contribution in [0.1, 0.15) is 31.9 Å². The monoisotopic (exact) mass is 324 g/mol. The molecule has 1 amide bonds. The number of rotatable bonds is 2. The predicted octanol–water partition coefficient (Wildman–Crippen LogP) is 3.69. The van der Waals surface area contributed by atoms with E-state index in [1.165, 1.54) is 4.90 Å². The van der Waals surface area contributed by atoms with Gasteiger partial charge in [-0.15, -0.1) is 0 Å². The van der Waals surface area contributed by atoms with E-state index in [2.05, 4.69) is 22.0 Å². The molecule has 0 aliphatic rings. The molecule has 0 saturated carbocycles. The van der Waals surface area contributed by atoms with E-state index >= 15 is 0 Å². The molecule has 0 aliphatic heterocycles.